The summed E-state index contributed by atoms with van der Waals surface area (Å²) in [5.74, 6) is 0.271. The van der Waals surface area contributed by atoms with Gasteiger partial charge in [0.05, 0.1) is 13.2 Å². The van der Waals surface area contributed by atoms with Gasteiger partial charge in [-0.3, -0.25) is 9.69 Å². The van der Waals surface area contributed by atoms with Gasteiger partial charge in [-0.25, -0.2) is 9.59 Å². The summed E-state index contributed by atoms with van der Waals surface area (Å²) >= 11 is 1.85. The van der Waals surface area contributed by atoms with Crippen molar-refractivity contribution in [3.05, 3.63) is 0 Å². The zero-order chi connectivity index (χ0) is 14.4. The maximum absolute atomic E-state index is 11.5. The van der Waals surface area contributed by atoms with Crippen molar-refractivity contribution in [2.24, 2.45) is 0 Å². The third kappa shape index (κ3) is 4.68. The molecule has 0 aromatic heterocycles. The van der Waals surface area contributed by atoms with Crippen molar-refractivity contribution in [2.75, 3.05) is 44.4 Å². The minimum Gasteiger partial charge on any atom is -0.463 e. The summed E-state index contributed by atoms with van der Waals surface area (Å²) in [6.45, 7) is 1.66. The van der Waals surface area contributed by atoms with Gasteiger partial charge in [0.1, 0.15) is 0 Å². The van der Waals surface area contributed by atoms with Gasteiger partial charge in [0.25, 0.3) is 0 Å². The molecule has 2 heterocycles. The van der Waals surface area contributed by atoms with Crippen molar-refractivity contribution in [1.29, 1.82) is 0 Å². The number of rotatable bonds is 5. The monoisotopic (exact) mass is 303 g/mol. The minimum atomic E-state index is -0.861. The molecule has 2 aliphatic rings. The third-order valence-corrected chi connectivity index (χ3v) is 3.91. The Kier molecular flexibility index (Phi) is 5.66. The van der Waals surface area contributed by atoms with Crippen LogP contribution in [0.5, 0.6) is 0 Å². The highest BCUT2D eigenvalue weighted by molar-refractivity contribution is 7.99. The van der Waals surface area contributed by atoms with Crippen LogP contribution in [0.2, 0.25) is 0 Å². The van der Waals surface area contributed by atoms with Crippen LogP contribution >= 0.6 is 11.8 Å². The van der Waals surface area contributed by atoms with Crippen LogP contribution in [0.1, 0.15) is 6.42 Å². The predicted molar refractivity (Wildman–Crippen MR) is 70.2 cm³/mol. The van der Waals surface area contributed by atoms with E-state index >= 15 is 0 Å². The lowest BCUT2D eigenvalue weighted by Crippen LogP contribution is -2.38. The molecule has 1 unspecified atom stereocenters. The molecule has 1 atom stereocenters. The lowest BCUT2D eigenvalue weighted by Gasteiger charge is -2.24. The topological polar surface area (TPSA) is 82.1 Å². The number of nitrogens with zero attached hydrogens (tertiary/aromatic N) is 1. The number of hydrogen-bond donors (Lipinski definition) is 0. The molecule has 0 radical (unpaired) electrons. The second-order valence-corrected chi connectivity index (χ2v) is 5.71. The summed E-state index contributed by atoms with van der Waals surface area (Å²) in [6.07, 6.45) is -0.510. The van der Waals surface area contributed by atoms with Crippen LogP contribution in [0.15, 0.2) is 0 Å². The van der Waals surface area contributed by atoms with E-state index in [0.717, 1.165) is 24.6 Å². The normalized spacial score (nSPS) is 23.2. The van der Waals surface area contributed by atoms with Gasteiger partial charge in [-0.1, -0.05) is 0 Å². The summed E-state index contributed by atoms with van der Waals surface area (Å²) in [5, 5.41) is 0. The van der Waals surface area contributed by atoms with Crippen LogP contribution in [-0.4, -0.2) is 73.3 Å². The molecule has 0 bridgehead atoms. The summed E-state index contributed by atoms with van der Waals surface area (Å²) in [5.41, 5.74) is 0. The smallest absolute Gasteiger partial charge is 0.347 e. The first kappa shape index (κ1) is 15.1. The molecule has 8 heteroatoms. The highest BCUT2D eigenvalue weighted by atomic mass is 32.2. The number of carbonyl (C=O) groups is 3. The number of carbonyl (C=O) groups excluding carboxylic acids is 3. The molecular weight excluding hydrogens is 286 g/mol. The fourth-order valence-corrected chi connectivity index (χ4v) is 2.88. The predicted octanol–water partition coefficient (Wildman–Crippen LogP) is -0.563. The Balaban J connectivity index is 1.62. The van der Waals surface area contributed by atoms with Gasteiger partial charge < -0.3 is 14.2 Å². The van der Waals surface area contributed by atoms with Gasteiger partial charge in [-0.15, -0.1) is 0 Å². The van der Waals surface area contributed by atoms with E-state index in [1.807, 2.05) is 16.7 Å². The molecule has 2 fully saturated rings. The van der Waals surface area contributed by atoms with E-state index in [9.17, 15) is 14.4 Å². The first-order chi connectivity index (χ1) is 9.65. The fourth-order valence-electron chi connectivity index (χ4n) is 1.90. The molecule has 0 spiro atoms. The van der Waals surface area contributed by atoms with Crippen LogP contribution in [0.4, 0.5) is 0 Å². The van der Waals surface area contributed by atoms with Gasteiger partial charge in [0.2, 0.25) is 6.10 Å². The van der Waals surface area contributed by atoms with Crippen LogP contribution in [0.25, 0.3) is 0 Å². The molecule has 0 aromatic carbocycles. The molecule has 0 amide bonds. The molecule has 7 nitrogen and oxygen atoms in total. The Morgan fingerprint density at radius 3 is 2.70 bits per heavy atom. The zero-order valence-corrected chi connectivity index (χ0v) is 11.9. The Morgan fingerprint density at radius 1 is 1.30 bits per heavy atom. The molecular formula is C12H17NO6S. The Labute approximate surface area is 120 Å². The van der Waals surface area contributed by atoms with Gasteiger partial charge in [-0.05, 0) is 0 Å². The summed E-state index contributed by atoms with van der Waals surface area (Å²) in [6, 6.07) is 0. The first-order valence-electron chi connectivity index (χ1n) is 6.47. The first-order valence-corrected chi connectivity index (χ1v) is 7.62. The van der Waals surface area contributed by atoms with Crippen LogP contribution in [0, 0.1) is 0 Å². The highest BCUT2D eigenvalue weighted by Crippen LogP contribution is 2.11. The summed E-state index contributed by atoms with van der Waals surface area (Å²) in [4.78, 5) is 36.0. The maximum atomic E-state index is 11.5. The van der Waals surface area contributed by atoms with E-state index in [1.54, 1.807) is 0 Å². The zero-order valence-electron chi connectivity index (χ0n) is 11.0. The van der Waals surface area contributed by atoms with Crippen molar-refractivity contribution in [1.82, 2.24) is 4.90 Å². The average Bonchev–Trinajstić information content (AvgIpc) is 2.83. The van der Waals surface area contributed by atoms with Gasteiger partial charge in [0, 0.05) is 31.0 Å². The minimum absolute atomic E-state index is 0.180. The lowest BCUT2D eigenvalue weighted by molar-refractivity contribution is -0.167. The van der Waals surface area contributed by atoms with Crippen molar-refractivity contribution >= 4 is 29.7 Å². The Bertz CT molecular complexity index is 382. The maximum Gasteiger partial charge on any atom is 0.347 e. The summed E-state index contributed by atoms with van der Waals surface area (Å²) in [7, 11) is 0. The van der Waals surface area contributed by atoms with E-state index in [1.165, 1.54) is 0 Å². The quantitative estimate of drug-likeness (QED) is 0.494. The lowest BCUT2D eigenvalue weighted by atomic mass is 10.3. The van der Waals surface area contributed by atoms with Gasteiger partial charge >= 0.3 is 17.9 Å². The fraction of sp³-hybridized carbons (Fsp3) is 0.750. The Morgan fingerprint density at radius 2 is 2.05 bits per heavy atom. The molecule has 0 N–H and O–H groups in total. The molecule has 20 heavy (non-hydrogen) atoms. The standard InChI is InChI=1S/C12H17NO6S/c14-10(7-13-2-5-20-6-3-13)18-8-11(15)19-9-1-4-17-12(9)16/h9H,1-8H2. The number of esters is 3. The molecule has 2 rings (SSSR count). The van der Waals surface area contributed by atoms with E-state index in [0.29, 0.717) is 6.42 Å². The second kappa shape index (κ2) is 7.49. The van der Waals surface area contributed by atoms with E-state index in [-0.39, 0.29) is 13.2 Å². The average molecular weight is 303 g/mol. The third-order valence-electron chi connectivity index (χ3n) is 2.97. The van der Waals surface area contributed by atoms with Crippen molar-refractivity contribution in [3.8, 4) is 0 Å². The molecule has 0 aliphatic carbocycles. The van der Waals surface area contributed by atoms with Crippen molar-refractivity contribution in [2.45, 2.75) is 12.5 Å². The number of hydrogen-bond acceptors (Lipinski definition) is 8. The highest BCUT2D eigenvalue weighted by Gasteiger charge is 2.30. The number of thioether (sulfide) groups is 1. The van der Waals surface area contributed by atoms with Crippen molar-refractivity contribution in [3.63, 3.8) is 0 Å². The SMILES string of the molecule is O=C(CN1CCSCC1)OCC(=O)OC1CCOC1=O. The number of cyclic esters (lactones) is 1. The number of ether oxygens (including phenoxy) is 3. The summed E-state index contributed by atoms with van der Waals surface area (Å²) < 4.78 is 14.4. The molecule has 0 saturated carbocycles. The van der Waals surface area contributed by atoms with E-state index < -0.39 is 30.6 Å². The van der Waals surface area contributed by atoms with Crippen molar-refractivity contribution < 1.29 is 28.6 Å². The van der Waals surface area contributed by atoms with E-state index in [4.69, 9.17) is 9.47 Å². The largest absolute Gasteiger partial charge is 0.463 e. The molecule has 2 saturated heterocycles. The van der Waals surface area contributed by atoms with Gasteiger partial charge in [-0.2, -0.15) is 11.8 Å². The van der Waals surface area contributed by atoms with Crippen LogP contribution in [0.3, 0.4) is 0 Å². The van der Waals surface area contributed by atoms with Crippen LogP contribution in [-0.2, 0) is 28.6 Å². The second-order valence-electron chi connectivity index (χ2n) is 4.48. The Hall–Kier alpha value is -1.28. The van der Waals surface area contributed by atoms with Gasteiger partial charge in [0.15, 0.2) is 6.61 Å². The molecule has 2 aliphatic heterocycles. The van der Waals surface area contributed by atoms with E-state index in [2.05, 4.69) is 4.74 Å². The van der Waals surface area contributed by atoms with Crippen LogP contribution < -0.4 is 0 Å². The molecule has 112 valence electrons. The molecule has 0 aromatic rings.